The number of benzene rings is 7. The largest absolute Gasteiger partial charge is 0.311 e. The van der Waals surface area contributed by atoms with Gasteiger partial charge in [-0.15, -0.1) is 0 Å². The lowest BCUT2D eigenvalue weighted by Crippen LogP contribution is -2.09. The molecule has 7 aromatic carbocycles. The van der Waals surface area contributed by atoms with Gasteiger partial charge in [-0.05, 0) is 127 Å². The fraction of sp³-hybridized carbons (Fsp3) is 0.0667. The van der Waals surface area contributed by atoms with E-state index >= 15 is 0 Å². The Kier molecular flexibility index (Phi) is 8.41. The lowest BCUT2D eigenvalue weighted by atomic mass is 9.96. The van der Waals surface area contributed by atoms with Crippen molar-refractivity contribution in [3.8, 4) is 22.3 Å². The first kappa shape index (κ1) is 29.8. The quantitative estimate of drug-likeness (QED) is 0.170. The molecule has 0 saturated carbocycles. The van der Waals surface area contributed by atoms with Crippen LogP contribution in [0.15, 0.2) is 176 Å². The normalized spacial score (nSPS) is 10.9. The third-order valence-corrected chi connectivity index (χ3v) is 8.59. The van der Waals surface area contributed by atoms with Gasteiger partial charge in [-0.2, -0.15) is 0 Å². The maximum atomic E-state index is 2.32. The van der Waals surface area contributed by atoms with E-state index in [-0.39, 0.29) is 0 Å². The van der Waals surface area contributed by atoms with Gasteiger partial charge in [-0.1, -0.05) is 108 Å². The summed E-state index contributed by atoms with van der Waals surface area (Å²) in [5.74, 6) is 0. The Morgan fingerprint density at radius 1 is 0.255 bits per heavy atom. The van der Waals surface area contributed by atoms with Gasteiger partial charge in [0, 0.05) is 34.1 Å². The van der Waals surface area contributed by atoms with E-state index in [0.717, 1.165) is 34.1 Å². The first-order valence-corrected chi connectivity index (χ1v) is 16.2. The SMILES string of the molecule is Cc1ccc(N(c2ccccc2)c2ccc(-c3cc(C)cc(-c4cccc(N(c5ccccc5)c5ccc(C)cc5)c4)c3)cc2)cc1. The second kappa shape index (κ2) is 13.2. The van der Waals surface area contributed by atoms with Crippen LogP contribution < -0.4 is 9.80 Å². The lowest BCUT2D eigenvalue weighted by molar-refractivity contribution is 1.27. The number of hydrogen-bond acceptors (Lipinski definition) is 2. The smallest absolute Gasteiger partial charge is 0.0467 e. The van der Waals surface area contributed by atoms with Crippen LogP contribution in [0.25, 0.3) is 22.3 Å². The molecule has 0 aliphatic rings. The van der Waals surface area contributed by atoms with Gasteiger partial charge >= 0.3 is 0 Å². The summed E-state index contributed by atoms with van der Waals surface area (Å²) in [6.45, 7) is 6.44. The van der Waals surface area contributed by atoms with Crippen molar-refractivity contribution in [2.75, 3.05) is 9.80 Å². The van der Waals surface area contributed by atoms with Crippen molar-refractivity contribution < 1.29 is 0 Å². The minimum absolute atomic E-state index is 1.13. The molecule has 0 fully saturated rings. The van der Waals surface area contributed by atoms with Gasteiger partial charge in [-0.3, -0.25) is 0 Å². The van der Waals surface area contributed by atoms with E-state index in [9.17, 15) is 0 Å². The molecule has 0 aliphatic heterocycles. The third kappa shape index (κ3) is 6.59. The van der Waals surface area contributed by atoms with Crippen LogP contribution in [0, 0.1) is 20.8 Å². The average Bonchev–Trinajstić information content (AvgIpc) is 3.11. The van der Waals surface area contributed by atoms with Crippen molar-refractivity contribution >= 4 is 34.1 Å². The van der Waals surface area contributed by atoms with Crippen molar-refractivity contribution in [3.05, 3.63) is 193 Å². The maximum Gasteiger partial charge on any atom is 0.0467 e. The molecular weight excluding hydrogens is 569 g/mol. The molecule has 2 nitrogen and oxygen atoms in total. The highest BCUT2D eigenvalue weighted by atomic mass is 15.1. The Labute approximate surface area is 278 Å². The highest BCUT2D eigenvalue weighted by Crippen LogP contribution is 2.39. The number of hydrogen-bond donors (Lipinski definition) is 0. The lowest BCUT2D eigenvalue weighted by Gasteiger charge is -2.26. The molecule has 0 spiro atoms. The minimum atomic E-state index is 1.13. The zero-order chi connectivity index (χ0) is 32.2. The standard InChI is InChI=1S/C45H38N2/c1-33-17-23-42(24-18-33)46(40-12-6-4-7-13-40)44-27-21-36(22-28-44)38-29-35(3)30-39(31-38)37-11-10-16-45(32-37)47(41-14-8-5-9-15-41)43-25-19-34(2)20-26-43/h4-32H,1-3H3. The van der Waals surface area contributed by atoms with Crippen molar-refractivity contribution in [2.45, 2.75) is 20.8 Å². The summed E-state index contributed by atoms with van der Waals surface area (Å²) in [6.07, 6.45) is 0. The van der Waals surface area contributed by atoms with Gasteiger partial charge < -0.3 is 9.80 Å². The summed E-state index contributed by atoms with van der Waals surface area (Å²) in [6, 6.07) is 63.3. The predicted molar refractivity (Wildman–Crippen MR) is 201 cm³/mol. The molecule has 2 heteroatoms. The molecule has 0 N–H and O–H groups in total. The molecule has 0 heterocycles. The van der Waals surface area contributed by atoms with Gasteiger partial charge in [0.05, 0.1) is 0 Å². The number of aryl methyl sites for hydroxylation is 3. The van der Waals surface area contributed by atoms with Crippen LogP contribution in [0.5, 0.6) is 0 Å². The van der Waals surface area contributed by atoms with Gasteiger partial charge in [0.15, 0.2) is 0 Å². The highest BCUT2D eigenvalue weighted by molar-refractivity contribution is 5.83. The summed E-state index contributed by atoms with van der Waals surface area (Å²) in [5.41, 5.74) is 15.3. The molecule has 7 rings (SSSR count). The molecule has 0 amide bonds. The molecule has 0 radical (unpaired) electrons. The van der Waals surface area contributed by atoms with E-state index in [1.165, 1.54) is 38.9 Å². The van der Waals surface area contributed by atoms with Crippen LogP contribution in [0.1, 0.15) is 16.7 Å². The summed E-state index contributed by atoms with van der Waals surface area (Å²) < 4.78 is 0. The fourth-order valence-corrected chi connectivity index (χ4v) is 6.18. The second-order valence-corrected chi connectivity index (χ2v) is 12.2. The second-order valence-electron chi connectivity index (χ2n) is 12.2. The van der Waals surface area contributed by atoms with Crippen LogP contribution in [0.4, 0.5) is 34.1 Å². The Morgan fingerprint density at radius 2 is 0.660 bits per heavy atom. The van der Waals surface area contributed by atoms with E-state index in [1.807, 2.05) is 0 Å². The number of anilines is 6. The Morgan fingerprint density at radius 3 is 1.17 bits per heavy atom. The van der Waals surface area contributed by atoms with Gasteiger partial charge in [0.1, 0.15) is 0 Å². The van der Waals surface area contributed by atoms with Crippen molar-refractivity contribution in [2.24, 2.45) is 0 Å². The summed E-state index contributed by atoms with van der Waals surface area (Å²) in [7, 11) is 0. The van der Waals surface area contributed by atoms with Crippen LogP contribution in [0.3, 0.4) is 0 Å². The van der Waals surface area contributed by atoms with Crippen molar-refractivity contribution in [1.82, 2.24) is 0 Å². The predicted octanol–water partition coefficient (Wildman–Crippen LogP) is 12.9. The van der Waals surface area contributed by atoms with Gasteiger partial charge in [0.25, 0.3) is 0 Å². The van der Waals surface area contributed by atoms with Gasteiger partial charge in [-0.25, -0.2) is 0 Å². The monoisotopic (exact) mass is 606 g/mol. The number of para-hydroxylation sites is 2. The highest BCUT2D eigenvalue weighted by Gasteiger charge is 2.15. The molecule has 0 bridgehead atoms. The van der Waals surface area contributed by atoms with Crippen LogP contribution >= 0.6 is 0 Å². The van der Waals surface area contributed by atoms with E-state index < -0.39 is 0 Å². The Balaban J connectivity index is 1.24. The number of nitrogens with zero attached hydrogens (tertiary/aromatic N) is 2. The van der Waals surface area contributed by atoms with E-state index in [1.54, 1.807) is 0 Å². The average molecular weight is 607 g/mol. The fourth-order valence-electron chi connectivity index (χ4n) is 6.18. The molecule has 47 heavy (non-hydrogen) atoms. The summed E-state index contributed by atoms with van der Waals surface area (Å²) >= 11 is 0. The number of rotatable bonds is 8. The van der Waals surface area contributed by atoms with Crippen molar-refractivity contribution in [3.63, 3.8) is 0 Å². The molecule has 0 aromatic heterocycles. The Hall–Kier alpha value is -5.86. The van der Waals surface area contributed by atoms with E-state index in [4.69, 9.17) is 0 Å². The van der Waals surface area contributed by atoms with Crippen LogP contribution in [0.2, 0.25) is 0 Å². The van der Waals surface area contributed by atoms with E-state index in [2.05, 4.69) is 206 Å². The van der Waals surface area contributed by atoms with Crippen LogP contribution in [-0.4, -0.2) is 0 Å². The van der Waals surface area contributed by atoms with Gasteiger partial charge in [0.2, 0.25) is 0 Å². The third-order valence-electron chi connectivity index (χ3n) is 8.59. The summed E-state index contributed by atoms with van der Waals surface area (Å²) in [4.78, 5) is 4.63. The van der Waals surface area contributed by atoms with Crippen molar-refractivity contribution in [1.29, 1.82) is 0 Å². The first-order valence-electron chi connectivity index (χ1n) is 16.2. The molecule has 0 saturated heterocycles. The molecule has 7 aromatic rings. The molecule has 0 aliphatic carbocycles. The molecular formula is C45H38N2. The summed E-state index contributed by atoms with van der Waals surface area (Å²) in [5, 5.41) is 0. The minimum Gasteiger partial charge on any atom is -0.311 e. The molecule has 228 valence electrons. The zero-order valence-electron chi connectivity index (χ0n) is 27.1. The zero-order valence-corrected chi connectivity index (χ0v) is 27.1. The van der Waals surface area contributed by atoms with E-state index in [0.29, 0.717) is 0 Å². The first-order chi connectivity index (χ1) is 23.0. The maximum absolute atomic E-state index is 2.32. The molecule has 0 unspecified atom stereocenters. The Bertz CT molecular complexity index is 2080. The topological polar surface area (TPSA) is 6.48 Å². The molecule has 0 atom stereocenters. The van der Waals surface area contributed by atoms with Crippen LogP contribution in [-0.2, 0) is 0 Å².